The number of unbranched alkanes of at least 4 members (excludes halogenated alkanes) is 15. The van der Waals surface area contributed by atoms with Gasteiger partial charge in [0.25, 0.3) is 0 Å². The summed E-state index contributed by atoms with van der Waals surface area (Å²) in [5.41, 5.74) is 1.09. The Morgan fingerprint density at radius 3 is 1.08 bits per heavy atom. The van der Waals surface area contributed by atoms with Crippen molar-refractivity contribution in [3.8, 4) is 0 Å². The fraction of sp³-hybridized carbons (Fsp3) is 0.913. The summed E-state index contributed by atoms with van der Waals surface area (Å²) in [6, 6.07) is 1.51. The van der Waals surface area contributed by atoms with Crippen molar-refractivity contribution >= 4 is 10.2 Å². The Morgan fingerprint density at radius 1 is 0.640 bits per heavy atom. The summed E-state index contributed by atoms with van der Waals surface area (Å²) < 4.78 is 0. The van der Waals surface area contributed by atoms with Crippen LogP contribution in [-0.2, 0) is 0 Å². The molecule has 0 saturated heterocycles. The minimum Gasteiger partial charge on any atom is -0.382 e. The van der Waals surface area contributed by atoms with Crippen molar-refractivity contribution in [3.05, 3.63) is 12.3 Å². The first-order valence-electron chi connectivity index (χ1n) is 11.4. The molecule has 152 valence electrons. The summed E-state index contributed by atoms with van der Waals surface area (Å²) in [5, 5.41) is 0. The number of hydrogen-bond acceptors (Lipinski definition) is 1. The van der Waals surface area contributed by atoms with Gasteiger partial charge in [0.05, 0.1) is 0 Å². The highest BCUT2D eigenvalue weighted by Crippen LogP contribution is 2.13. The van der Waals surface area contributed by atoms with Crippen LogP contribution >= 0.6 is 0 Å². The Morgan fingerprint density at radius 2 is 0.880 bits per heavy atom. The highest BCUT2D eigenvalue weighted by molar-refractivity contribution is 6.08. The Balaban J connectivity index is 0. The van der Waals surface area contributed by atoms with Crippen LogP contribution in [0.15, 0.2) is 12.3 Å². The van der Waals surface area contributed by atoms with Gasteiger partial charge in [-0.1, -0.05) is 122 Å². The minimum absolute atomic E-state index is 1.09. The fourth-order valence-corrected chi connectivity index (χ4v) is 3.30. The third kappa shape index (κ3) is 28.8. The van der Waals surface area contributed by atoms with E-state index in [1.807, 2.05) is 25.9 Å². The Bertz CT molecular complexity index is 234. The molecule has 0 aromatic heterocycles. The van der Waals surface area contributed by atoms with E-state index in [4.69, 9.17) is 0 Å². The summed E-state index contributed by atoms with van der Waals surface area (Å²) in [5.74, 6) is 0. The molecule has 0 fully saturated rings. The molecule has 0 heterocycles. The topological polar surface area (TPSA) is 3.24 Å². The van der Waals surface area contributed by atoms with Crippen LogP contribution in [0.5, 0.6) is 0 Å². The van der Waals surface area contributed by atoms with Gasteiger partial charge in [0, 0.05) is 30.0 Å². The maximum atomic E-state index is 3.68. The smallest absolute Gasteiger partial charge is 0.00578 e. The van der Waals surface area contributed by atoms with Crippen LogP contribution < -0.4 is 0 Å². The van der Waals surface area contributed by atoms with E-state index < -0.39 is 0 Å². The molecule has 0 saturated carbocycles. The molecule has 0 aromatic carbocycles. The van der Waals surface area contributed by atoms with Crippen LogP contribution in [0.4, 0.5) is 0 Å². The summed E-state index contributed by atoms with van der Waals surface area (Å²) in [7, 11) is 5.36. The van der Waals surface area contributed by atoms with E-state index in [1.54, 1.807) is 0 Å². The van der Waals surface area contributed by atoms with Gasteiger partial charge in [-0.2, -0.15) is 0 Å². The van der Waals surface area contributed by atoms with Gasteiger partial charge in [0.2, 0.25) is 0 Å². The van der Waals surface area contributed by atoms with Crippen LogP contribution in [-0.4, -0.2) is 29.2 Å². The molecule has 0 aromatic rings. The lowest BCUT2D eigenvalue weighted by atomic mass is 10.0. The zero-order chi connectivity index (χ0) is 19.2. The first kappa shape index (κ1) is 27.0. The van der Waals surface area contributed by atoms with Crippen LogP contribution in [0.2, 0.25) is 6.04 Å². The van der Waals surface area contributed by atoms with E-state index in [0.717, 1.165) is 5.70 Å². The second kappa shape index (κ2) is 23.8. The fourth-order valence-electron chi connectivity index (χ4n) is 2.80. The number of allylic oxidation sites excluding steroid dienone is 1. The molecule has 0 bridgehead atoms. The molecule has 25 heavy (non-hydrogen) atoms. The molecule has 0 aliphatic carbocycles. The molecule has 0 unspecified atom stereocenters. The number of hydrogen-bond donors (Lipinski definition) is 0. The van der Waals surface area contributed by atoms with Gasteiger partial charge >= 0.3 is 0 Å². The lowest BCUT2D eigenvalue weighted by molar-refractivity contribution is 0.516. The highest BCUT2D eigenvalue weighted by atomic mass is 28.1. The summed E-state index contributed by atoms with van der Waals surface area (Å²) >= 11 is 0. The van der Waals surface area contributed by atoms with Gasteiger partial charge in [-0.25, -0.2) is 0 Å². The molecule has 0 aliphatic rings. The van der Waals surface area contributed by atoms with Gasteiger partial charge in [-0.3, -0.25) is 0 Å². The van der Waals surface area contributed by atoms with Crippen molar-refractivity contribution in [2.24, 2.45) is 0 Å². The summed E-state index contributed by atoms with van der Waals surface area (Å²) in [6.45, 7) is 7.95. The monoisotopic (exact) mass is 369 g/mol. The van der Waals surface area contributed by atoms with E-state index in [-0.39, 0.29) is 0 Å². The molecule has 0 spiro atoms. The van der Waals surface area contributed by atoms with Crippen LogP contribution in [0.25, 0.3) is 0 Å². The standard InChI is InChI=1S/C18H40Si.C5H11N/c1-2-3-4-5-6-7-8-9-10-11-12-13-14-15-16-17-18-19;1-5(2)6(3)4/h2-18H2,1,19H3;1H2,2-4H3. The van der Waals surface area contributed by atoms with Crippen molar-refractivity contribution in [2.45, 2.75) is 123 Å². The van der Waals surface area contributed by atoms with Crippen molar-refractivity contribution in [1.29, 1.82) is 0 Å². The molecular formula is C23H51NSi. The maximum Gasteiger partial charge on any atom is 0.00578 e. The Labute approximate surface area is 164 Å². The first-order valence-corrected chi connectivity index (χ1v) is 12.8. The van der Waals surface area contributed by atoms with Gasteiger partial charge in [0.1, 0.15) is 0 Å². The van der Waals surface area contributed by atoms with Crippen LogP contribution in [0.3, 0.4) is 0 Å². The van der Waals surface area contributed by atoms with Crippen molar-refractivity contribution < 1.29 is 0 Å². The van der Waals surface area contributed by atoms with E-state index >= 15 is 0 Å². The zero-order valence-electron chi connectivity index (χ0n) is 18.7. The first-order chi connectivity index (χ1) is 12.1. The van der Waals surface area contributed by atoms with E-state index in [2.05, 4.69) is 13.5 Å². The molecule has 0 radical (unpaired) electrons. The average molecular weight is 370 g/mol. The molecule has 0 amide bonds. The van der Waals surface area contributed by atoms with E-state index in [0.29, 0.717) is 0 Å². The van der Waals surface area contributed by atoms with Gasteiger partial charge in [-0.05, 0) is 6.92 Å². The number of nitrogens with zero attached hydrogens (tertiary/aromatic N) is 1. The van der Waals surface area contributed by atoms with Crippen LogP contribution in [0.1, 0.15) is 117 Å². The predicted octanol–water partition coefficient (Wildman–Crippen LogP) is 7.11. The molecule has 0 rings (SSSR count). The molecular weight excluding hydrogens is 318 g/mol. The van der Waals surface area contributed by atoms with Crippen molar-refractivity contribution in [3.63, 3.8) is 0 Å². The van der Waals surface area contributed by atoms with Gasteiger partial charge in [-0.15, -0.1) is 0 Å². The lowest BCUT2D eigenvalue weighted by Gasteiger charge is -2.08. The normalized spacial score (nSPS) is 10.4. The lowest BCUT2D eigenvalue weighted by Crippen LogP contribution is -2.05. The largest absolute Gasteiger partial charge is 0.382 e. The van der Waals surface area contributed by atoms with Crippen molar-refractivity contribution in [1.82, 2.24) is 4.90 Å². The quantitative estimate of drug-likeness (QED) is 0.195. The van der Waals surface area contributed by atoms with Crippen LogP contribution in [0, 0.1) is 0 Å². The summed E-state index contributed by atoms with van der Waals surface area (Å²) in [6.07, 6.45) is 23.7. The average Bonchev–Trinajstić information content (AvgIpc) is 2.59. The SMILES string of the molecule is C=C(C)N(C)C.CCCCCCCCCCCCCCCCCC[SiH3]. The highest BCUT2D eigenvalue weighted by Gasteiger charge is 1.94. The Hall–Kier alpha value is -0.243. The minimum atomic E-state index is 1.09. The number of rotatable bonds is 17. The second-order valence-electron chi connectivity index (χ2n) is 7.93. The Kier molecular flexibility index (Phi) is 25.6. The molecule has 0 aliphatic heterocycles. The zero-order valence-corrected chi connectivity index (χ0v) is 20.7. The molecule has 0 N–H and O–H groups in total. The molecule has 2 heteroatoms. The third-order valence-electron chi connectivity index (χ3n) is 4.97. The second-order valence-corrected chi connectivity index (χ2v) is 8.93. The van der Waals surface area contributed by atoms with E-state index in [1.165, 1.54) is 119 Å². The van der Waals surface area contributed by atoms with Gasteiger partial charge < -0.3 is 4.90 Å². The van der Waals surface area contributed by atoms with Gasteiger partial charge in [0.15, 0.2) is 0 Å². The van der Waals surface area contributed by atoms with Crippen molar-refractivity contribution in [2.75, 3.05) is 14.1 Å². The van der Waals surface area contributed by atoms with E-state index in [9.17, 15) is 0 Å². The third-order valence-corrected chi connectivity index (χ3v) is 5.68. The molecule has 1 nitrogen and oxygen atoms in total. The maximum absolute atomic E-state index is 3.68. The summed E-state index contributed by atoms with van der Waals surface area (Å²) in [4.78, 5) is 1.97. The predicted molar refractivity (Wildman–Crippen MR) is 123 cm³/mol. The molecule has 0 atom stereocenters.